The first-order valence-corrected chi connectivity index (χ1v) is 9.50. The highest BCUT2D eigenvalue weighted by Crippen LogP contribution is 2.25. The Kier molecular flexibility index (Phi) is 4.77. The Morgan fingerprint density at radius 2 is 1.93 bits per heavy atom. The van der Waals surface area contributed by atoms with Crippen LogP contribution in [-0.2, 0) is 6.54 Å². The maximum Gasteiger partial charge on any atom is 0.270 e. The van der Waals surface area contributed by atoms with Crippen LogP contribution in [0.15, 0.2) is 53.5 Å². The fourth-order valence-electron chi connectivity index (χ4n) is 3.72. The van der Waals surface area contributed by atoms with E-state index in [1.807, 2.05) is 54.0 Å². The van der Waals surface area contributed by atoms with Gasteiger partial charge >= 0.3 is 0 Å². The molecule has 0 bridgehead atoms. The van der Waals surface area contributed by atoms with E-state index in [0.717, 1.165) is 16.6 Å². The lowest BCUT2D eigenvalue weighted by Crippen LogP contribution is -2.49. The molecule has 4 rings (SSSR count). The summed E-state index contributed by atoms with van der Waals surface area (Å²) >= 11 is 0. The number of carbonyl (C=O) groups excluding carboxylic acids is 1. The number of hydrogen-bond donors (Lipinski definition) is 1. The average Bonchev–Trinajstić information content (AvgIpc) is 3.05. The number of amides is 1. The van der Waals surface area contributed by atoms with Gasteiger partial charge in [-0.3, -0.25) is 19.8 Å². The van der Waals surface area contributed by atoms with Gasteiger partial charge in [0.15, 0.2) is 0 Å². The molecule has 0 atom stereocenters. The molecule has 0 spiro atoms. The van der Waals surface area contributed by atoms with Gasteiger partial charge < -0.3 is 9.47 Å². The van der Waals surface area contributed by atoms with E-state index in [4.69, 9.17) is 10.7 Å². The number of hydrogen-bond acceptors (Lipinski definition) is 4. The van der Waals surface area contributed by atoms with Crippen LogP contribution in [0.3, 0.4) is 0 Å². The summed E-state index contributed by atoms with van der Waals surface area (Å²) in [6.07, 6.45) is 0. The molecule has 1 aliphatic rings. The highest BCUT2D eigenvalue weighted by molar-refractivity contribution is 6.00. The lowest BCUT2D eigenvalue weighted by molar-refractivity contribution is 0.0567. The van der Waals surface area contributed by atoms with Gasteiger partial charge in [0.2, 0.25) is 0 Å². The van der Waals surface area contributed by atoms with Crippen LogP contribution in [0.5, 0.6) is 0 Å². The van der Waals surface area contributed by atoms with E-state index in [0.29, 0.717) is 36.7 Å². The Morgan fingerprint density at radius 1 is 1.21 bits per heavy atom. The van der Waals surface area contributed by atoms with E-state index in [1.165, 1.54) is 0 Å². The summed E-state index contributed by atoms with van der Waals surface area (Å²) in [5, 5.41) is 17.4. The van der Waals surface area contributed by atoms with Crippen LogP contribution in [0.2, 0.25) is 0 Å². The second-order valence-electron chi connectivity index (χ2n) is 7.23. The van der Waals surface area contributed by atoms with Crippen LogP contribution in [0.4, 0.5) is 0 Å². The van der Waals surface area contributed by atoms with Crippen molar-refractivity contribution in [2.24, 2.45) is 10.9 Å². The molecule has 1 amide bonds. The number of likely N-dealkylation sites (tertiary alicyclic amines) is 1. The van der Waals surface area contributed by atoms with E-state index >= 15 is 0 Å². The molecule has 0 saturated carbocycles. The van der Waals surface area contributed by atoms with Crippen LogP contribution in [-0.4, -0.2) is 45.9 Å². The van der Waals surface area contributed by atoms with E-state index in [9.17, 15) is 4.79 Å². The summed E-state index contributed by atoms with van der Waals surface area (Å²) in [5.41, 5.74) is 3.60. The fourth-order valence-corrected chi connectivity index (χ4v) is 3.72. The number of rotatable bonds is 3. The second kappa shape index (κ2) is 7.40. The molecule has 2 aromatic heterocycles. The van der Waals surface area contributed by atoms with Crippen molar-refractivity contribution >= 4 is 22.8 Å². The molecule has 0 aliphatic carbocycles. The molecule has 1 N–H and O–H groups in total. The lowest BCUT2D eigenvalue weighted by Gasteiger charge is -2.35. The predicted octanol–water partition coefficient (Wildman–Crippen LogP) is 2.46. The number of carbonyl (C=O) groups is 1. The summed E-state index contributed by atoms with van der Waals surface area (Å²) in [7, 11) is 1.69. The minimum absolute atomic E-state index is 0.0900. The third-order valence-electron chi connectivity index (χ3n) is 5.40. The van der Waals surface area contributed by atoms with Crippen LogP contribution in [0, 0.1) is 22.7 Å². The minimum Gasteiger partial charge on any atom is -0.335 e. The predicted molar refractivity (Wildman–Crippen MR) is 111 cm³/mol. The Labute approximate surface area is 168 Å². The number of benzene rings is 1. The molecule has 1 aromatic carbocycles. The monoisotopic (exact) mass is 386 g/mol. The number of aromatic nitrogens is 2. The van der Waals surface area contributed by atoms with Gasteiger partial charge in [-0.2, -0.15) is 5.26 Å². The van der Waals surface area contributed by atoms with E-state index in [2.05, 4.69) is 11.1 Å². The topological polar surface area (TPSA) is 90.2 Å². The normalized spacial score (nSPS) is 14.7. The standard InChI is InChI=1S/C22H22N6O/c1-15(25-2)28-19-10-20(22(29)26-12-17(11-23)13-26)27(18(19)8-9-21(28)24)14-16-6-4-3-5-7-16/h3-10,17,24H,12-14H2,1-2H3. The van der Waals surface area contributed by atoms with Crippen LogP contribution in [0.1, 0.15) is 23.0 Å². The number of fused-ring (bicyclic) bond motifs is 1. The van der Waals surface area contributed by atoms with E-state index < -0.39 is 0 Å². The number of nitrogens with one attached hydrogen (secondary N) is 1. The fraction of sp³-hybridized carbons (Fsp3) is 0.273. The molecule has 3 heterocycles. The van der Waals surface area contributed by atoms with Gasteiger partial charge in [-0.05, 0) is 30.7 Å². The van der Waals surface area contributed by atoms with Gasteiger partial charge in [0.25, 0.3) is 5.91 Å². The second-order valence-corrected chi connectivity index (χ2v) is 7.23. The molecule has 1 aliphatic heterocycles. The molecule has 1 fully saturated rings. The SMILES string of the molecule is CN=C(C)n1c(=N)ccc2c1cc(C(=O)N1CC(C#N)C1)n2Cc1ccccc1. The number of aliphatic imine (C=N–C) groups is 1. The van der Waals surface area contributed by atoms with Crippen molar-refractivity contribution in [3.05, 3.63) is 65.3 Å². The maximum absolute atomic E-state index is 13.2. The Balaban J connectivity index is 1.88. The molecule has 29 heavy (non-hydrogen) atoms. The van der Waals surface area contributed by atoms with Crippen molar-refractivity contribution < 1.29 is 4.79 Å². The van der Waals surface area contributed by atoms with Gasteiger partial charge in [-0.25, -0.2) is 0 Å². The molecule has 1 saturated heterocycles. The minimum atomic E-state index is -0.0925. The third-order valence-corrected chi connectivity index (χ3v) is 5.40. The van der Waals surface area contributed by atoms with Gasteiger partial charge in [-0.15, -0.1) is 0 Å². The Hall–Kier alpha value is -3.66. The van der Waals surface area contributed by atoms with E-state index in [-0.39, 0.29) is 11.8 Å². The number of pyridine rings is 1. The lowest BCUT2D eigenvalue weighted by atomic mass is 10.0. The smallest absolute Gasteiger partial charge is 0.270 e. The van der Waals surface area contributed by atoms with Crippen LogP contribution in [0.25, 0.3) is 11.0 Å². The summed E-state index contributed by atoms with van der Waals surface area (Å²) in [6, 6.07) is 17.6. The quantitative estimate of drug-likeness (QED) is 0.553. The van der Waals surface area contributed by atoms with Crippen LogP contribution < -0.4 is 5.49 Å². The molecule has 7 nitrogen and oxygen atoms in total. The van der Waals surface area contributed by atoms with Crippen molar-refractivity contribution in [2.45, 2.75) is 13.5 Å². The number of nitrogens with zero attached hydrogens (tertiary/aromatic N) is 5. The highest BCUT2D eigenvalue weighted by atomic mass is 16.2. The third kappa shape index (κ3) is 3.23. The maximum atomic E-state index is 13.2. The summed E-state index contributed by atoms with van der Waals surface area (Å²) < 4.78 is 3.74. The molecule has 0 radical (unpaired) electrons. The first-order chi connectivity index (χ1) is 14.0. The van der Waals surface area contributed by atoms with Crippen molar-refractivity contribution in [1.29, 1.82) is 10.7 Å². The average molecular weight is 386 g/mol. The van der Waals surface area contributed by atoms with Crippen molar-refractivity contribution in [3.63, 3.8) is 0 Å². The van der Waals surface area contributed by atoms with E-state index in [1.54, 1.807) is 22.6 Å². The first kappa shape index (κ1) is 18.7. The first-order valence-electron chi connectivity index (χ1n) is 9.50. The van der Waals surface area contributed by atoms with Crippen molar-refractivity contribution in [1.82, 2.24) is 14.0 Å². The summed E-state index contributed by atoms with van der Waals surface area (Å²) in [4.78, 5) is 19.2. The van der Waals surface area contributed by atoms with Gasteiger partial charge in [0.05, 0.1) is 23.0 Å². The molecular formula is C22H22N6O. The zero-order valence-electron chi connectivity index (χ0n) is 16.5. The summed E-state index contributed by atoms with van der Waals surface area (Å²) in [6.45, 7) is 3.31. The van der Waals surface area contributed by atoms with Crippen molar-refractivity contribution in [2.75, 3.05) is 20.1 Å². The number of nitriles is 1. The zero-order chi connectivity index (χ0) is 20.5. The zero-order valence-corrected chi connectivity index (χ0v) is 16.5. The molecule has 3 aromatic rings. The molecule has 7 heteroatoms. The van der Waals surface area contributed by atoms with Crippen molar-refractivity contribution in [3.8, 4) is 6.07 Å². The summed E-state index contributed by atoms with van der Waals surface area (Å²) in [5.74, 6) is 0.503. The Morgan fingerprint density at radius 3 is 2.59 bits per heavy atom. The van der Waals surface area contributed by atoms with Gasteiger partial charge in [0.1, 0.15) is 17.0 Å². The van der Waals surface area contributed by atoms with Gasteiger partial charge in [-0.1, -0.05) is 30.3 Å². The van der Waals surface area contributed by atoms with Crippen LogP contribution >= 0.6 is 0 Å². The Bertz CT molecular complexity index is 1210. The molecule has 146 valence electrons. The highest BCUT2D eigenvalue weighted by Gasteiger charge is 2.33. The van der Waals surface area contributed by atoms with Gasteiger partial charge in [0, 0.05) is 26.7 Å². The largest absolute Gasteiger partial charge is 0.335 e. The molecule has 0 unspecified atom stereocenters. The molecular weight excluding hydrogens is 364 g/mol.